The number of hydrogen-bond donors (Lipinski definition) is 1. The summed E-state index contributed by atoms with van der Waals surface area (Å²) in [6, 6.07) is 18.0. The fraction of sp³-hybridized carbons (Fsp3) is 0.458. The van der Waals surface area contributed by atoms with Crippen LogP contribution in [0.25, 0.3) is 0 Å². The first-order valence-corrected chi connectivity index (χ1v) is 10.6. The van der Waals surface area contributed by atoms with Crippen LogP contribution in [0.2, 0.25) is 0 Å². The van der Waals surface area contributed by atoms with Gasteiger partial charge in [0.25, 0.3) is 0 Å². The fourth-order valence-corrected chi connectivity index (χ4v) is 3.56. The topological polar surface area (TPSA) is 50.8 Å². The Hall–Kier alpha value is -2.37. The Balaban J connectivity index is 1.51. The molecule has 2 aromatic rings. The molecule has 5 nitrogen and oxygen atoms in total. The third kappa shape index (κ3) is 6.87. The van der Waals surface area contributed by atoms with E-state index in [1.165, 1.54) is 0 Å². The van der Waals surface area contributed by atoms with E-state index in [4.69, 9.17) is 9.47 Å². The zero-order chi connectivity index (χ0) is 20.3. The number of nitrogens with one attached hydrogen (secondary N) is 1. The van der Waals surface area contributed by atoms with E-state index in [0.717, 1.165) is 62.6 Å². The van der Waals surface area contributed by atoms with Crippen LogP contribution in [0, 0.1) is 0 Å². The number of carbonyl (C=O) groups is 1. The Morgan fingerprint density at radius 3 is 2.52 bits per heavy atom. The molecule has 156 valence electrons. The maximum absolute atomic E-state index is 12.8. The van der Waals surface area contributed by atoms with Crippen molar-refractivity contribution < 1.29 is 14.3 Å². The van der Waals surface area contributed by atoms with Gasteiger partial charge in [-0.25, -0.2) is 0 Å². The van der Waals surface area contributed by atoms with E-state index in [1.54, 1.807) is 0 Å². The van der Waals surface area contributed by atoms with Gasteiger partial charge in [-0.2, -0.15) is 0 Å². The van der Waals surface area contributed by atoms with E-state index in [9.17, 15) is 4.79 Å². The van der Waals surface area contributed by atoms with E-state index >= 15 is 0 Å². The molecule has 1 atom stereocenters. The highest BCUT2D eigenvalue weighted by Crippen LogP contribution is 2.24. The van der Waals surface area contributed by atoms with Crippen LogP contribution in [-0.2, 0) is 16.1 Å². The zero-order valence-corrected chi connectivity index (χ0v) is 17.3. The van der Waals surface area contributed by atoms with Gasteiger partial charge in [-0.3, -0.25) is 9.69 Å². The van der Waals surface area contributed by atoms with Gasteiger partial charge in [0.05, 0.1) is 19.1 Å². The molecule has 1 heterocycles. The molecular weight excluding hydrogens is 364 g/mol. The predicted octanol–water partition coefficient (Wildman–Crippen LogP) is 3.60. The molecule has 1 N–H and O–H groups in total. The number of nitrogens with zero attached hydrogens (tertiary/aromatic N) is 1. The van der Waals surface area contributed by atoms with E-state index < -0.39 is 0 Å². The van der Waals surface area contributed by atoms with Crippen LogP contribution in [0.5, 0.6) is 5.75 Å². The summed E-state index contributed by atoms with van der Waals surface area (Å²) in [6.07, 6.45) is 1.79. The largest absolute Gasteiger partial charge is 0.492 e. The lowest BCUT2D eigenvalue weighted by molar-refractivity contribution is -0.122. The van der Waals surface area contributed by atoms with Crippen LogP contribution in [-0.4, -0.2) is 50.3 Å². The Kier molecular flexibility index (Phi) is 8.53. The summed E-state index contributed by atoms with van der Waals surface area (Å²) in [6.45, 7) is 7.79. The molecule has 3 rings (SSSR count). The third-order valence-corrected chi connectivity index (χ3v) is 5.27. The van der Waals surface area contributed by atoms with Gasteiger partial charge >= 0.3 is 0 Å². The van der Waals surface area contributed by atoms with Crippen LogP contribution in [0.1, 0.15) is 36.8 Å². The summed E-state index contributed by atoms with van der Waals surface area (Å²) in [5, 5.41) is 3.08. The lowest BCUT2D eigenvalue weighted by atomic mass is 9.93. The van der Waals surface area contributed by atoms with Crippen molar-refractivity contribution in [3.63, 3.8) is 0 Å². The lowest BCUT2D eigenvalue weighted by Gasteiger charge is -2.26. The quantitative estimate of drug-likeness (QED) is 0.667. The molecule has 0 bridgehead atoms. The molecule has 1 aliphatic rings. The van der Waals surface area contributed by atoms with Gasteiger partial charge in [0.2, 0.25) is 5.91 Å². The van der Waals surface area contributed by atoms with E-state index in [-0.39, 0.29) is 11.8 Å². The average molecular weight is 397 g/mol. The van der Waals surface area contributed by atoms with Gasteiger partial charge in [-0.05, 0) is 29.7 Å². The molecule has 1 aliphatic heterocycles. The minimum atomic E-state index is -0.133. The molecule has 0 aliphatic carbocycles. The lowest BCUT2D eigenvalue weighted by Crippen LogP contribution is -2.38. The molecule has 0 aromatic heterocycles. The van der Waals surface area contributed by atoms with E-state index in [1.807, 2.05) is 54.6 Å². The Bertz CT molecular complexity index is 728. The first-order valence-electron chi connectivity index (χ1n) is 10.6. The second kappa shape index (κ2) is 11.6. The maximum Gasteiger partial charge on any atom is 0.227 e. The maximum atomic E-state index is 12.8. The van der Waals surface area contributed by atoms with Gasteiger partial charge in [-0.15, -0.1) is 0 Å². The van der Waals surface area contributed by atoms with Crippen molar-refractivity contribution in [1.29, 1.82) is 0 Å². The molecule has 1 fully saturated rings. The van der Waals surface area contributed by atoms with Gasteiger partial charge in [-0.1, -0.05) is 55.8 Å². The predicted molar refractivity (Wildman–Crippen MR) is 115 cm³/mol. The summed E-state index contributed by atoms with van der Waals surface area (Å²) >= 11 is 0. The average Bonchev–Trinajstić information content (AvgIpc) is 2.78. The molecule has 29 heavy (non-hydrogen) atoms. The van der Waals surface area contributed by atoms with E-state index in [2.05, 4.69) is 17.1 Å². The van der Waals surface area contributed by atoms with Crippen LogP contribution in [0.4, 0.5) is 0 Å². The van der Waals surface area contributed by atoms with Crippen molar-refractivity contribution in [3.8, 4) is 5.75 Å². The van der Waals surface area contributed by atoms with Crippen molar-refractivity contribution >= 4 is 5.91 Å². The molecule has 0 radical (unpaired) electrons. The van der Waals surface area contributed by atoms with Crippen LogP contribution in [0.3, 0.4) is 0 Å². The first-order chi connectivity index (χ1) is 14.3. The number of amides is 1. The van der Waals surface area contributed by atoms with Gasteiger partial charge in [0, 0.05) is 26.2 Å². The minimum absolute atomic E-state index is 0.0803. The summed E-state index contributed by atoms with van der Waals surface area (Å²) in [5.74, 6) is 0.796. The van der Waals surface area contributed by atoms with Crippen LogP contribution < -0.4 is 10.1 Å². The molecule has 0 spiro atoms. The molecule has 2 aromatic carbocycles. The van der Waals surface area contributed by atoms with Crippen molar-refractivity contribution in [2.45, 2.75) is 32.2 Å². The van der Waals surface area contributed by atoms with Crippen molar-refractivity contribution in [3.05, 3.63) is 65.7 Å². The zero-order valence-electron chi connectivity index (χ0n) is 17.3. The highest BCUT2D eigenvalue weighted by atomic mass is 16.5. The summed E-state index contributed by atoms with van der Waals surface area (Å²) < 4.78 is 11.3. The summed E-state index contributed by atoms with van der Waals surface area (Å²) in [4.78, 5) is 15.1. The van der Waals surface area contributed by atoms with Crippen molar-refractivity contribution in [2.75, 3.05) is 39.5 Å². The summed E-state index contributed by atoms with van der Waals surface area (Å²) in [5.41, 5.74) is 2.15. The van der Waals surface area contributed by atoms with Crippen molar-refractivity contribution in [1.82, 2.24) is 10.2 Å². The van der Waals surface area contributed by atoms with Gasteiger partial charge < -0.3 is 14.8 Å². The second-order valence-corrected chi connectivity index (χ2v) is 7.42. The summed E-state index contributed by atoms with van der Waals surface area (Å²) in [7, 11) is 0. The highest BCUT2D eigenvalue weighted by Gasteiger charge is 2.19. The standard InChI is InChI=1S/C24H32N2O3/c1-2-6-23(24(27)25-19-20-7-4-3-5-8-20)21-9-11-22(12-10-21)29-18-15-26-13-16-28-17-14-26/h3-5,7-12,23H,2,6,13-19H2,1H3,(H,25,27). The number of hydrogen-bond acceptors (Lipinski definition) is 4. The SMILES string of the molecule is CCCC(C(=O)NCc1ccccc1)c1ccc(OCCN2CCOCC2)cc1. The number of ether oxygens (including phenoxy) is 2. The smallest absolute Gasteiger partial charge is 0.227 e. The molecule has 1 saturated heterocycles. The number of benzene rings is 2. The molecule has 0 saturated carbocycles. The second-order valence-electron chi connectivity index (χ2n) is 7.42. The van der Waals surface area contributed by atoms with Gasteiger partial charge in [0.1, 0.15) is 12.4 Å². The fourth-order valence-electron chi connectivity index (χ4n) is 3.56. The van der Waals surface area contributed by atoms with Crippen molar-refractivity contribution in [2.24, 2.45) is 0 Å². The van der Waals surface area contributed by atoms with Crippen LogP contribution in [0.15, 0.2) is 54.6 Å². The number of morpholine rings is 1. The highest BCUT2D eigenvalue weighted by molar-refractivity contribution is 5.83. The monoisotopic (exact) mass is 396 g/mol. The van der Waals surface area contributed by atoms with Crippen LogP contribution >= 0.6 is 0 Å². The third-order valence-electron chi connectivity index (χ3n) is 5.27. The Labute approximate surface area is 174 Å². The number of rotatable bonds is 10. The molecular formula is C24H32N2O3. The van der Waals surface area contributed by atoms with Gasteiger partial charge in [0.15, 0.2) is 0 Å². The molecule has 1 unspecified atom stereocenters. The first kappa shape index (κ1) is 21.3. The minimum Gasteiger partial charge on any atom is -0.492 e. The molecule has 5 heteroatoms. The normalized spacial score (nSPS) is 15.6. The van der Waals surface area contributed by atoms with E-state index in [0.29, 0.717) is 13.2 Å². The Morgan fingerprint density at radius 1 is 1.10 bits per heavy atom. The molecule has 1 amide bonds. The Morgan fingerprint density at radius 2 is 1.83 bits per heavy atom. The number of carbonyl (C=O) groups excluding carboxylic acids is 1.